The zero-order valence-corrected chi connectivity index (χ0v) is 10.6. The van der Waals surface area contributed by atoms with Crippen molar-refractivity contribution in [1.82, 2.24) is 19.7 Å². The van der Waals surface area contributed by atoms with E-state index in [9.17, 15) is 23.3 Å². The van der Waals surface area contributed by atoms with Crippen molar-refractivity contribution in [3.8, 4) is 5.82 Å². The summed E-state index contributed by atoms with van der Waals surface area (Å²) in [5, 5.41) is 17.1. The van der Waals surface area contributed by atoms with Crippen LogP contribution >= 0.6 is 0 Å². The normalized spacial score (nSPS) is 11.4. The molecule has 1 N–H and O–H groups in total. The first kappa shape index (κ1) is 14.7. The molecule has 2 aromatic rings. The smallest absolute Gasteiger partial charge is 0.354 e. The third-order valence-corrected chi connectivity index (χ3v) is 2.41. The minimum Gasteiger partial charge on any atom is -0.354 e. The van der Waals surface area contributed by atoms with Crippen LogP contribution in [0.15, 0.2) is 18.6 Å². The average Bonchev–Trinajstić information content (AvgIpc) is 2.88. The molecule has 2 rings (SSSR count). The molecular weight excluding hydrogens is 293 g/mol. The lowest BCUT2D eigenvalue weighted by molar-refractivity contribution is -0.385. The van der Waals surface area contributed by atoms with Gasteiger partial charge in [-0.15, -0.1) is 0 Å². The van der Waals surface area contributed by atoms with Crippen LogP contribution in [-0.4, -0.2) is 31.2 Å². The van der Waals surface area contributed by atoms with Gasteiger partial charge >= 0.3 is 11.9 Å². The molecule has 0 aliphatic heterocycles. The Labute approximate surface area is 115 Å². The third-order valence-electron chi connectivity index (χ3n) is 2.41. The summed E-state index contributed by atoms with van der Waals surface area (Å²) in [6.45, 7) is 2.20. The van der Waals surface area contributed by atoms with E-state index in [0.717, 1.165) is 6.20 Å². The molecule has 0 aliphatic carbocycles. The molecule has 0 aliphatic rings. The number of rotatable bonds is 4. The number of nitrogens with one attached hydrogen (secondary N) is 1. The number of alkyl halides is 3. The fourth-order valence-electron chi connectivity index (χ4n) is 1.49. The third kappa shape index (κ3) is 3.07. The minimum atomic E-state index is -4.59. The summed E-state index contributed by atoms with van der Waals surface area (Å²) >= 11 is 0. The van der Waals surface area contributed by atoms with Gasteiger partial charge in [0.25, 0.3) is 0 Å². The number of hydrogen-bond acceptors (Lipinski definition) is 6. The highest BCUT2D eigenvalue weighted by Gasteiger charge is 2.33. The van der Waals surface area contributed by atoms with Gasteiger partial charge < -0.3 is 5.32 Å². The van der Waals surface area contributed by atoms with Crippen LogP contribution in [0.4, 0.5) is 24.8 Å². The van der Waals surface area contributed by atoms with Crippen molar-refractivity contribution in [3.05, 3.63) is 34.3 Å². The van der Waals surface area contributed by atoms with Crippen LogP contribution in [0, 0.1) is 10.1 Å². The van der Waals surface area contributed by atoms with Gasteiger partial charge in [0.1, 0.15) is 6.20 Å². The molecular formula is C10H9F3N6O2. The van der Waals surface area contributed by atoms with Crippen molar-refractivity contribution in [3.63, 3.8) is 0 Å². The molecule has 2 heterocycles. The molecule has 0 fully saturated rings. The summed E-state index contributed by atoms with van der Waals surface area (Å²) in [7, 11) is 0. The molecule has 112 valence electrons. The van der Waals surface area contributed by atoms with E-state index in [-0.39, 0.29) is 11.8 Å². The highest BCUT2D eigenvalue weighted by Crippen LogP contribution is 2.30. The van der Waals surface area contributed by atoms with E-state index in [1.54, 1.807) is 6.92 Å². The largest absolute Gasteiger partial charge is 0.419 e. The van der Waals surface area contributed by atoms with E-state index in [0.29, 0.717) is 23.6 Å². The topological polar surface area (TPSA) is 98.8 Å². The molecule has 0 spiro atoms. The standard InChI is InChI=1S/C10H9F3N6O2/c1-2-14-9-15-4-7(19(20)21)8(17-9)18-5-6(3-16-18)10(11,12)13/h3-5H,2H2,1H3,(H,14,15,17). The van der Waals surface area contributed by atoms with Crippen molar-refractivity contribution >= 4 is 11.6 Å². The lowest BCUT2D eigenvalue weighted by Crippen LogP contribution is -2.09. The van der Waals surface area contributed by atoms with Crippen LogP contribution in [0.5, 0.6) is 0 Å². The second-order valence-electron chi connectivity index (χ2n) is 3.86. The molecule has 0 radical (unpaired) electrons. The maximum Gasteiger partial charge on any atom is 0.419 e. The second-order valence-corrected chi connectivity index (χ2v) is 3.86. The van der Waals surface area contributed by atoms with Gasteiger partial charge in [-0.3, -0.25) is 10.1 Å². The van der Waals surface area contributed by atoms with Crippen LogP contribution in [0.25, 0.3) is 5.82 Å². The lowest BCUT2D eigenvalue weighted by atomic mass is 10.3. The average molecular weight is 302 g/mol. The van der Waals surface area contributed by atoms with Crippen LogP contribution in [0.2, 0.25) is 0 Å². The predicted molar refractivity (Wildman–Crippen MR) is 65.0 cm³/mol. The fourth-order valence-corrected chi connectivity index (χ4v) is 1.49. The van der Waals surface area contributed by atoms with Crippen LogP contribution in [0.1, 0.15) is 12.5 Å². The van der Waals surface area contributed by atoms with Crippen LogP contribution in [0.3, 0.4) is 0 Å². The van der Waals surface area contributed by atoms with Gasteiger partial charge in [0.2, 0.25) is 11.8 Å². The van der Waals surface area contributed by atoms with Gasteiger partial charge in [-0.05, 0) is 6.92 Å². The zero-order valence-electron chi connectivity index (χ0n) is 10.6. The first-order chi connectivity index (χ1) is 9.82. The Morgan fingerprint density at radius 3 is 2.67 bits per heavy atom. The summed E-state index contributed by atoms with van der Waals surface area (Å²) < 4.78 is 38.3. The Balaban J connectivity index is 2.52. The zero-order chi connectivity index (χ0) is 15.6. The van der Waals surface area contributed by atoms with Gasteiger partial charge in [0, 0.05) is 12.7 Å². The van der Waals surface area contributed by atoms with Gasteiger partial charge in [-0.25, -0.2) is 9.67 Å². The maximum atomic E-state index is 12.5. The number of hydrogen-bond donors (Lipinski definition) is 1. The summed E-state index contributed by atoms with van der Waals surface area (Å²) in [4.78, 5) is 17.6. The molecule has 21 heavy (non-hydrogen) atoms. The lowest BCUT2D eigenvalue weighted by Gasteiger charge is -2.05. The maximum absolute atomic E-state index is 12.5. The number of nitro groups is 1. The second kappa shape index (κ2) is 5.34. The van der Waals surface area contributed by atoms with E-state index >= 15 is 0 Å². The molecule has 0 unspecified atom stereocenters. The van der Waals surface area contributed by atoms with E-state index in [1.807, 2.05) is 0 Å². The Morgan fingerprint density at radius 1 is 1.43 bits per heavy atom. The van der Waals surface area contributed by atoms with Crippen molar-refractivity contribution in [2.45, 2.75) is 13.1 Å². The predicted octanol–water partition coefficient (Wildman–Crippen LogP) is 2.02. The molecule has 0 aromatic carbocycles. The van der Waals surface area contributed by atoms with E-state index in [2.05, 4.69) is 20.4 Å². The highest BCUT2D eigenvalue weighted by molar-refractivity contribution is 5.48. The molecule has 8 nitrogen and oxygen atoms in total. The molecule has 0 atom stereocenters. The first-order valence-corrected chi connectivity index (χ1v) is 5.70. The van der Waals surface area contributed by atoms with Gasteiger partial charge in [-0.1, -0.05) is 0 Å². The van der Waals surface area contributed by atoms with Crippen LogP contribution < -0.4 is 5.32 Å². The molecule has 11 heteroatoms. The van der Waals surface area contributed by atoms with Crippen molar-refractivity contribution in [2.75, 3.05) is 11.9 Å². The Kier molecular flexibility index (Phi) is 3.74. The van der Waals surface area contributed by atoms with E-state index in [4.69, 9.17) is 0 Å². The van der Waals surface area contributed by atoms with Gasteiger partial charge in [0.15, 0.2) is 0 Å². The van der Waals surface area contributed by atoms with E-state index < -0.39 is 22.4 Å². The summed E-state index contributed by atoms with van der Waals surface area (Å²) in [6.07, 6.45) is -2.48. The number of nitrogens with zero attached hydrogens (tertiary/aromatic N) is 5. The monoisotopic (exact) mass is 302 g/mol. The number of aromatic nitrogens is 4. The first-order valence-electron chi connectivity index (χ1n) is 5.70. The fraction of sp³-hybridized carbons (Fsp3) is 0.300. The highest BCUT2D eigenvalue weighted by atomic mass is 19.4. The van der Waals surface area contributed by atoms with Crippen molar-refractivity contribution in [1.29, 1.82) is 0 Å². The molecule has 0 saturated heterocycles. The summed E-state index contributed by atoms with van der Waals surface area (Å²) in [5.74, 6) is -0.288. The quantitative estimate of drug-likeness (QED) is 0.685. The SMILES string of the molecule is CCNc1ncc([N+](=O)[O-])c(-n2cc(C(F)(F)F)cn2)n1. The molecule has 2 aromatic heterocycles. The number of anilines is 1. The van der Waals surface area contributed by atoms with Crippen molar-refractivity contribution in [2.24, 2.45) is 0 Å². The van der Waals surface area contributed by atoms with Gasteiger partial charge in [0.05, 0.1) is 16.7 Å². The molecule has 0 amide bonds. The van der Waals surface area contributed by atoms with Crippen LogP contribution in [-0.2, 0) is 6.18 Å². The molecule has 0 saturated carbocycles. The summed E-state index contributed by atoms with van der Waals surface area (Å²) in [5.41, 5.74) is -1.58. The minimum absolute atomic E-state index is 0.0576. The number of halogens is 3. The Bertz CT molecular complexity index is 669. The Hall–Kier alpha value is -2.72. The van der Waals surface area contributed by atoms with Crippen molar-refractivity contribution < 1.29 is 18.1 Å². The molecule has 0 bridgehead atoms. The summed E-state index contributed by atoms with van der Waals surface area (Å²) in [6, 6.07) is 0. The Morgan fingerprint density at radius 2 is 2.14 bits per heavy atom. The van der Waals surface area contributed by atoms with E-state index in [1.165, 1.54) is 0 Å². The van der Waals surface area contributed by atoms with Gasteiger partial charge in [-0.2, -0.15) is 23.3 Å².